The molecule has 0 atom stereocenters. The minimum Gasteiger partial charge on any atom is -0.278 e. The van der Waals surface area contributed by atoms with Gasteiger partial charge in [0.25, 0.3) is 10.0 Å². The quantitative estimate of drug-likeness (QED) is 0.703. The van der Waals surface area contributed by atoms with Crippen molar-refractivity contribution in [2.75, 3.05) is 4.72 Å². The standard InChI is InChI=1S/C12H8Br3NO2S/c13-8-5-6-12(10(15)7-8)19(17,18)16-11-4-2-1-3-9(11)14/h1-7,16H. The number of anilines is 1. The highest BCUT2D eigenvalue weighted by Gasteiger charge is 2.18. The number of halogens is 3. The van der Waals surface area contributed by atoms with Crippen LogP contribution in [0.3, 0.4) is 0 Å². The third-order valence-electron chi connectivity index (χ3n) is 2.30. The Morgan fingerprint density at radius 1 is 0.895 bits per heavy atom. The Balaban J connectivity index is 2.41. The van der Waals surface area contributed by atoms with Crippen molar-refractivity contribution in [3.05, 3.63) is 55.9 Å². The summed E-state index contributed by atoms with van der Waals surface area (Å²) in [4.78, 5) is 0.187. The normalized spacial score (nSPS) is 11.3. The van der Waals surface area contributed by atoms with Gasteiger partial charge in [-0.2, -0.15) is 0 Å². The van der Waals surface area contributed by atoms with Gasteiger partial charge in [-0.3, -0.25) is 4.72 Å². The van der Waals surface area contributed by atoms with E-state index in [-0.39, 0.29) is 4.90 Å². The minimum atomic E-state index is -3.63. The number of rotatable bonds is 3. The van der Waals surface area contributed by atoms with Crippen molar-refractivity contribution < 1.29 is 8.42 Å². The maximum atomic E-state index is 12.3. The van der Waals surface area contributed by atoms with Gasteiger partial charge in [-0.1, -0.05) is 28.1 Å². The second-order valence-electron chi connectivity index (χ2n) is 3.66. The molecule has 0 fully saturated rings. The van der Waals surface area contributed by atoms with Gasteiger partial charge in [0.05, 0.1) is 5.69 Å². The van der Waals surface area contributed by atoms with E-state index in [0.29, 0.717) is 14.6 Å². The molecule has 2 rings (SSSR count). The van der Waals surface area contributed by atoms with Gasteiger partial charge in [-0.15, -0.1) is 0 Å². The van der Waals surface area contributed by atoms with Crippen LogP contribution < -0.4 is 4.72 Å². The fraction of sp³-hybridized carbons (Fsp3) is 0. The highest BCUT2D eigenvalue weighted by Crippen LogP contribution is 2.29. The first-order valence-corrected chi connectivity index (χ1v) is 8.99. The van der Waals surface area contributed by atoms with Crippen LogP contribution in [-0.2, 0) is 10.0 Å². The molecule has 0 spiro atoms. The average molecular weight is 470 g/mol. The lowest BCUT2D eigenvalue weighted by molar-refractivity contribution is 0.600. The van der Waals surface area contributed by atoms with Crippen molar-refractivity contribution >= 4 is 63.5 Å². The first-order chi connectivity index (χ1) is 8.90. The van der Waals surface area contributed by atoms with Crippen LogP contribution in [0.5, 0.6) is 0 Å². The van der Waals surface area contributed by atoms with Crippen LogP contribution in [0.1, 0.15) is 0 Å². The second-order valence-corrected chi connectivity index (χ2v) is 7.94. The topological polar surface area (TPSA) is 46.2 Å². The van der Waals surface area contributed by atoms with Gasteiger partial charge in [0, 0.05) is 13.4 Å². The molecule has 19 heavy (non-hydrogen) atoms. The summed E-state index contributed by atoms with van der Waals surface area (Å²) in [6, 6.07) is 11.9. The molecule has 0 aliphatic carbocycles. The van der Waals surface area contributed by atoms with Crippen LogP contribution in [0, 0.1) is 0 Å². The molecule has 0 radical (unpaired) electrons. The van der Waals surface area contributed by atoms with Gasteiger partial charge in [-0.25, -0.2) is 8.42 Å². The van der Waals surface area contributed by atoms with E-state index in [9.17, 15) is 8.42 Å². The molecule has 0 heterocycles. The van der Waals surface area contributed by atoms with Crippen molar-refractivity contribution in [3.63, 3.8) is 0 Å². The molecule has 0 saturated heterocycles. The van der Waals surface area contributed by atoms with Crippen LogP contribution in [0.15, 0.2) is 60.8 Å². The predicted octanol–water partition coefficient (Wildman–Crippen LogP) is 4.77. The molecule has 100 valence electrons. The van der Waals surface area contributed by atoms with E-state index in [1.54, 1.807) is 30.3 Å². The molecule has 0 amide bonds. The van der Waals surface area contributed by atoms with Crippen molar-refractivity contribution in [3.8, 4) is 0 Å². The lowest BCUT2D eigenvalue weighted by Crippen LogP contribution is -2.13. The van der Waals surface area contributed by atoms with Gasteiger partial charge >= 0.3 is 0 Å². The smallest absolute Gasteiger partial charge is 0.263 e. The molecular formula is C12H8Br3NO2S. The Bertz CT molecular complexity index is 717. The second kappa shape index (κ2) is 5.95. The maximum absolute atomic E-state index is 12.3. The molecule has 0 bridgehead atoms. The Labute approximate surface area is 136 Å². The summed E-state index contributed by atoms with van der Waals surface area (Å²) < 4.78 is 29.2. The monoisotopic (exact) mass is 467 g/mol. The Morgan fingerprint density at radius 3 is 2.21 bits per heavy atom. The summed E-state index contributed by atoms with van der Waals surface area (Å²) in [7, 11) is -3.63. The lowest BCUT2D eigenvalue weighted by atomic mass is 10.3. The molecule has 0 unspecified atom stereocenters. The number of sulfonamides is 1. The SMILES string of the molecule is O=S(=O)(Nc1ccccc1Br)c1ccc(Br)cc1Br. The number of para-hydroxylation sites is 1. The first kappa shape index (κ1) is 15.0. The summed E-state index contributed by atoms with van der Waals surface area (Å²) in [6.45, 7) is 0. The Kier molecular flexibility index (Phi) is 4.70. The van der Waals surface area contributed by atoms with E-state index < -0.39 is 10.0 Å². The zero-order valence-electron chi connectivity index (χ0n) is 9.40. The minimum absolute atomic E-state index is 0.187. The molecule has 0 saturated carbocycles. The fourth-order valence-corrected chi connectivity index (χ4v) is 4.78. The van der Waals surface area contributed by atoms with Crippen molar-refractivity contribution in [2.45, 2.75) is 4.90 Å². The van der Waals surface area contributed by atoms with E-state index >= 15 is 0 Å². The van der Waals surface area contributed by atoms with Crippen molar-refractivity contribution in [2.24, 2.45) is 0 Å². The number of hydrogen-bond donors (Lipinski definition) is 1. The molecule has 3 nitrogen and oxygen atoms in total. The van der Waals surface area contributed by atoms with Crippen LogP contribution in [0.25, 0.3) is 0 Å². The lowest BCUT2D eigenvalue weighted by Gasteiger charge is -2.11. The molecule has 0 aromatic heterocycles. The predicted molar refractivity (Wildman–Crippen MR) is 86.8 cm³/mol. The highest BCUT2D eigenvalue weighted by molar-refractivity contribution is 9.11. The maximum Gasteiger partial charge on any atom is 0.263 e. The van der Waals surface area contributed by atoms with Gasteiger partial charge in [0.2, 0.25) is 0 Å². The summed E-state index contributed by atoms with van der Waals surface area (Å²) in [5.74, 6) is 0. The van der Waals surface area contributed by atoms with E-state index in [0.717, 1.165) is 4.47 Å². The summed E-state index contributed by atoms with van der Waals surface area (Å²) in [6.07, 6.45) is 0. The van der Waals surface area contributed by atoms with Gasteiger partial charge < -0.3 is 0 Å². The molecule has 0 aliphatic heterocycles. The van der Waals surface area contributed by atoms with E-state index in [4.69, 9.17) is 0 Å². The first-order valence-electron chi connectivity index (χ1n) is 5.12. The third-order valence-corrected chi connectivity index (χ3v) is 5.83. The van der Waals surface area contributed by atoms with Gasteiger partial charge in [-0.05, 0) is 62.2 Å². The fourth-order valence-electron chi connectivity index (χ4n) is 1.44. The van der Waals surface area contributed by atoms with E-state index in [1.165, 1.54) is 6.07 Å². The molecule has 1 N–H and O–H groups in total. The number of hydrogen-bond acceptors (Lipinski definition) is 2. The van der Waals surface area contributed by atoms with Crippen molar-refractivity contribution in [1.82, 2.24) is 0 Å². The molecule has 2 aromatic rings. The summed E-state index contributed by atoms with van der Waals surface area (Å²) >= 11 is 9.85. The zero-order valence-corrected chi connectivity index (χ0v) is 15.0. The average Bonchev–Trinajstić information content (AvgIpc) is 2.31. The van der Waals surface area contributed by atoms with Crippen molar-refractivity contribution in [1.29, 1.82) is 0 Å². The molecule has 0 aliphatic rings. The Morgan fingerprint density at radius 2 is 1.58 bits per heavy atom. The van der Waals surface area contributed by atoms with Crippen LogP contribution >= 0.6 is 47.8 Å². The van der Waals surface area contributed by atoms with E-state index in [2.05, 4.69) is 52.5 Å². The van der Waals surface area contributed by atoms with Crippen LogP contribution in [-0.4, -0.2) is 8.42 Å². The van der Waals surface area contributed by atoms with Gasteiger partial charge in [0.1, 0.15) is 4.90 Å². The Hall–Kier alpha value is -0.370. The number of nitrogens with one attached hydrogen (secondary N) is 1. The number of benzene rings is 2. The third kappa shape index (κ3) is 3.59. The van der Waals surface area contributed by atoms with Gasteiger partial charge in [0.15, 0.2) is 0 Å². The molecule has 7 heteroatoms. The molecule has 2 aromatic carbocycles. The van der Waals surface area contributed by atoms with Crippen LogP contribution in [0.4, 0.5) is 5.69 Å². The van der Waals surface area contributed by atoms with Crippen LogP contribution in [0.2, 0.25) is 0 Å². The van der Waals surface area contributed by atoms with E-state index in [1.807, 2.05) is 6.07 Å². The zero-order chi connectivity index (χ0) is 14.0. The molecular weight excluding hydrogens is 462 g/mol. The largest absolute Gasteiger partial charge is 0.278 e. The summed E-state index contributed by atoms with van der Waals surface area (Å²) in [5.41, 5.74) is 0.498. The highest BCUT2D eigenvalue weighted by atomic mass is 79.9. The summed E-state index contributed by atoms with van der Waals surface area (Å²) in [5, 5.41) is 0.